The highest BCUT2D eigenvalue weighted by Crippen LogP contribution is 2.23. The standard InChI is InChI=1S/C15H26N2O4/c18-13-3-1-11(2-4-13)9-16-10-14(19)17-7-5-12(6-8-17)15(20)21/h11-13,16,18H,1-10H2,(H,20,21). The summed E-state index contributed by atoms with van der Waals surface area (Å²) in [6.45, 7) is 2.25. The molecule has 0 spiro atoms. The maximum atomic E-state index is 12.0. The van der Waals surface area contributed by atoms with Gasteiger partial charge in [0.25, 0.3) is 0 Å². The fourth-order valence-corrected chi connectivity index (χ4v) is 3.22. The number of aliphatic carboxylic acids is 1. The van der Waals surface area contributed by atoms with Crippen molar-refractivity contribution in [3.05, 3.63) is 0 Å². The third kappa shape index (κ3) is 4.97. The van der Waals surface area contributed by atoms with Crippen LogP contribution in [0.3, 0.4) is 0 Å². The van der Waals surface area contributed by atoms with Gasteiger partial charge in [-0.25, -0.2) is 0 Å². The fourth-order valence-electron chi connectivity index (χ4n) is 3.22. The van der Waals surface area contributed by atoms with E-state index in [2.05, 4.69) is 5.32 Å². The lowest BCUT2D eigenvalue weighted by molar-refractivity contribution is -0.145. The number of nitrogens with zero attached hydrogens (tertiary/aromatic N) is 1. The summed E-state index contributed by atoms with van der Waals surface area (Å²) in [6.07, 6.45) is 4.74. The summed E-state index contributed by atoms with van der Waals surface area (Å²) in [5, 5.41) is 21.6. The molecule has 1 aliphatic heterocycles. The number of carbonyl (C=O) groups excluding carboxylic acids is 1. The first-order chi connectivity index (χ1) is 10.1. The number of aliphatic hydroxyl groups excluding tert-OH is 1. The summed E-state index contributed by atoms with van der Waals surface area (Å²) in [4.78, 5) is 24.7. The molecule has 1 heterocycles. The van der Waals surface area contributed by atoms with Crippen LogP contribution in [-0.2, 0) is 9.59 Å². The second-order valence-electron chi connectivity index (χ2n) is 6.30. The van der Waals surface area contributed by atoms with Crippen molar-refractivity contribution in [3.8, 4) is 0 Å². The van der Waals surface area contributed by atoms with Gasteiger partial charge in [-0.15, -0.1) is 0 Å². The van der Waals surface area contributed by atoms with E-state index >= 15 is 0 Å². The monoisotopic (exact) mass is 298 g/mol. The predicted molar refractivity (Wildman–Crippen MR) is 77.8 cm³/mol. The van der Waals surface area contributed by atoms with Gasteiger partial charge in [-0.1, -0.05) is 0 Å². The Labute approximate surface area is 125 Å². The average molecular weight is 298 g/mol. The number of carboxylic acids is 1. The van der Waals surface area contributed by atoms with Crippen LogP contribution in [-0.4, -0.2) is 59.3 Å². The maximum absolute atomic E-state index is 12.0. The molecule has 0 aromatic heterocycles. The smallest absolute Gasteiger partial charge is 0.306 e. The van der Waals surface area contributed by atoms with Crippen LogP contribution in [0.5, 0.6) is 0 Å². The number of piperidine rings is 1. The third-order valence-electron chi connectivity index (χ3n) is 4.72. The number of amides is 1. The SMILES string of the molecule is O=C(O)C1CCN(C(=O)CNCC2CCC(O)CC2)CC1. The van der Waals surface area contributed by atoms with Gasteiger partial charge in [-0.05, 0) is 51.0 Å². The molecule has 0 unspecified atom stereocenters. The molecule has 0 aromatic carbocycles. The Balaban J connectivity index is 1.61. The Kier molecular flexibility index (Phi) is 5.99. The van der Waals surface area contributed by atoms with E-state index in [1.165, 1.54) is 0 Å². The van der Waals surface area contributed by atoms with E-state index in [1.807, 2.05) is 0 Å². The van der Waals surface area contributed by atoms with Crippen molar-refractivity contribution in [1.82, 2.24) is 10.2 Å². The van der Waals surface area contributed by atoms with Crippen LogP contribution in [0.25, 0.3) is 0 Å². The minimum Gasteiger partial charge on any atom is -0.481 e. The van der Waals surface area contributed by atoms with Crippen molar-refractivity contribution < 1.29 is 19.8 Å². The normalized spacial score (nSPS) is 27.6. The van der Waals surface area contributed by atoms with E-state index in [-0.39, 0.29) is 17.9 Å². The molecular formula is C15H26N2O4. The van der Waals surface area contributed by atoms with E-state index in [9.17, 15) is 14.7 Å². The Morgan fingerprint density at radius 2 is 1.67 bits per heavy atom. The van der Waals surface area contributed by atoms with Gasteiger partial charge in [0.2, 0.25) is 5.91 Å². The highest BCUT2D eigenvalue weighted by Gasteiger charge is 2.27. The van der Waals surface area contributed by atoms with Gasteiger partial charge in [0, 0.05) is 13.1 Å². The van der Waals surface area contributed by atoms with E-state index < -0.39 is 5.97 Å². The topological polar surface area (TPSA) is 89.9 Å². The fraction of sp³-hybridized carbons (Fsp3) is 0.867. The molecule has 2 aliphatic rings. The number of hydrogen-bond acceptors (Lipinski definition) is 4. The van der Waals surface area contributed by atoms with Crippen LogP contribution in [0, 0.1) is 11.8 Å². The summed E-state index contributed by atoms with van der Waals surface area (Å²) in [6, 6.07) is 0. The third-order valence-corrected chi connectivity index (χ3v) is 4.72. The molecule has 2 fully saturated rings. The summed E-state index contributed by atoms with van der Waals surface area (Å²) < 4.78 is 0. The van der Waals surface area contributed by atoms with Crippen LogP contribution < -0.4 is 5.32 Å². The molecule has 6 nitrogen and oxygen atoms in total. The summed E-state index contributed by atoms with van der Waals surface area (Å²) in [5.74, 6) is -0.427. The quantitative estimate of drug-likeness (QED) is 0.686. The van der Waals surface area contributed by atoms with Crippen LogP contribution in [0.15, 0.2) is 0 Å². The zero-order chi connectivity index (χ0) is 15.2. The number of likely N-dealkylation sites (tertiary alicyclic amines) is 1. The Bertz CT molecular complexity index is 359. The summed E-state index contributed by atoms with van der Waals surface area (Å²) >= 11 is 0. The van der Waals surface area contributed by atoms with Crippen LogP contribution in [0.4, 0.5) is 0 Å². The van der Waals surface area contributed by atoms with Crippen molar-refractivity contribution in [1.29, 1.82) is 0 Å². The van der Waals surface area contributed by atoms with Gasteiger partial charge >= 0.3 is 5.97 Å². The maximum Gasteiger partial charge on any atom is 0.306 e. The summed E-state index contributed by atoms with van der Waals surface area (Å²) in [7, 11) is 0. The minimum atomic E-state index is -0.750. The highest BCUT2D eigenvalue weighted by atomic mass is 16.4. The number of rotatable bonds is 5. The number of nitrogens with one attached hydrogen (secondary N) is 1. The molecule has 1 saturated heterocycles. The Hall–Kier alpha value is -1.14. The molecular weight excluding hydrogens is 272 g/mol. The predicted octanol–water partition coefficient (Wildman–Crippen LogP) is 0.450. The Morgan fingerprint density at radius 1 is 1.05 bits per heavy atom. The van der Waals surface area contributed by atoms with Gasteiger partial charge in [-0.3, -0.25) is 9.59 Å². The van der Waals surface area contributed by atoms with Crippen molar-refractivity contribution >= 4 is 11.9 Å². The van der Waals surface area contributed by atoms with Crippen molar-refractivity contribution in [3.63, 3.8) is 0 Å². The first kappa shape index (κ1) is 16.2. The van der Waals surface area contributed by atoms with Crippen LogP contribution in [0.1, 0.15) is 38.5 Å². The largest absolute Gasteiger partial charge is 0.481 e. The lowest BCUT2D eigenvalue weighted by Crippen LogP contribution is -2.44. The van der Waals surface area contributed by atoms with Crippen molar-refractivity contribution in [2.75, 3.05) is 26.2 Å². The number of carboxylic acid groups (broad SMARTS) is 1. The van der Waals surface area contributed by atoms with E-state index in [0.29, 0.717) is 38.4 Å². The molecule has 1 saturated carbocycles. The Morgan fingerprint density at radius 3 is 2.24 bits per heavy atom. The molecule has 1 aliphatic carbocycles. The van der Waals surface area contributed by atoms with Crippen LogP contribution >= 0.6 is 0 Å². The van der Waals surface area contributed by atoms with Crippen molar-refractivity contribution in [2.24, 2.45) is 11.8 Å². The number of hydrogen-bond donors (Lipinski definition) is 3. The molecule has 1 amide bonds. The second kappa shape index (κ2) is 7.75. The summed E-state index contributed by atoms with van der Waals surface area (Å²) in [5.41, 5.74) is 0. The molecule has 0 bridgehead atoms. The number of aliphatic hydroxyl groups is 1. The number of carbonyl (C=O) groups is 2. The zero-order valence-electron chi connectivity index (χ0n) is 12.5. The van der Waals surface area contributed by atoms with Gasteiger partial charge in [0.1, 0.15) is 0 Å². The van der Waals surface area contributed by atoms with E-state index in [1.54, 1.807) is 4.90 Å². The molecule has 0 radical (unpaired) electrons. The average Bonchev–Trinajstić information content (AvgIpc) is 2.49. The lowest BCUT2D eigenvalue weighted by atomic mass is 9.87. The van der Waals surface area contributed by atoms with Gasteiger partial charge < -0.3 is 20.4 Å². The molecule has 3 N–H and O–H groups in total. The molecule has 2 rings (SSSR count). The van der Waals surface area contributed by atoms with Crippen molar-refractivity contribution in [2.45, 2.75) is 44.6 Å². The molecule has 6 heteroatoms. The minimum absolute atomic E-state index is 0.0645. The van der Waals surface area contributed by atoms with Gasteiger partial charge in [0.05, 0.1) is 18.6 Å². The van der Waals surface area contributed by atoms with E-state index in [4.69, 9.17) is 5.11 Å². The molecule has 120 valence electrons. The lowest BCUT2D eigenvalue weighted by Gasteiger charge is -2.30. The second-order valence-corrected chi connectivity index (χ2v) is 6.30. The van der Waals surface area contributed by atoms with E-state index in [0.717, 1.165) is 32.2 Å². The van der Waals surface area contributed by atoms with Gasteiger partial charge in [0.15, 0.2) is 0 Å². The molecule has 0 atom stereocenters. The molecule has 0 aromatic rings. The highest BCUT2D eigenvalue weighted by molar-refractivity contribution is 5.78. The first-order valence-electron chi connectivity index (χ1n) is 7.95. The first-order valence-corrected chi connectivity index (χ1v) is 7.95. The molecule has 21 heavy (non-hydrogen) atoms. The van der Waals surface area contributed by atoms with Gasteiger partial charge in [-0.2, -0.15) is 0 Å². The zero-order valence-corrected chi connectivity index (χ0v) is 12.5. The van der Waals surface area contributed by atoms with Crippen LogP contribution in [0.2, 0.25) is 0 Å².